The van der Waals surface area contributed by atoms with E-state index in [1.165, 1.54) is 0 Å². The number of anilines is 1. The van der Waals surface area contributed by atoms with Gasteiger partial charge in [0.05, 0.1) is 14.2 Å². The van der Waals surface area contributed by atoms with Gasteiger partial charge in [-0.05, 0) is 41.5 Å². The number of amides is 1. The second-order valence-electron chi connectivity index (χ2n) is 6.59. The Morgan fingerprint density at radius 1 is 0.857 bits per heavy atom. The number of rotatable bonds is 5. The maximum Gasteiger partial charge on any atom is 0.225 e. The van der Waals surface area contributed by atoms with Crippen molar-refractivity contribution in [1.29, 1.82) is 0 Å². The predicted octanol–water partition coefficient (Wildman–Crippen LogP) is 4.97. The van der Waals surface area contributed by atoms with Crippen LogP contribution < -0.4 is 19.5 Å². The number of carbonyl (C=O) groups excluding carboxylic acids is 1. The number of methoxy groups -OCH3 is 2. The Kier molecular flexibility index (Phi) is 4.89. The van der Waals surface area contributed by atoms with Gasteiger partial charge < -0.3 is 19.5 Å². The Bertz CT molecular complexity index is 1000. The van der Waals surface area contributed by atoms with E-state index in [0.29, 0.717) is 17.9 Å². The predicted molar refractivity (Wildman–Crippen MR) is 108 cm³/mol. The topological polar surface area (TPSA) is 56.8 Å². The zero-order valence-corrected chi connectivity index (χ0v) is 15.8. The first-order valence-electron chi connectivity index (χ1n) is 9.06. The molecule has 0 fully saturated rings. The minimum absolute atomic E-state index is 0.0286. The van der Waals surface area contributed by atoms with E-state index in [4.69, 9.17) is 14.2 Å². The van der Waals surface area contributed by atoms with E-state index in [-0.39, 0.29) is 11.8 Å². The van der Waals surface area contributed by atoms with Crippen LogP contribution in [0.1, 0.15) is 23.5 Å². The van der Waals surface area contributed by atoms with Crippen LogP contribution in [0.25, 0.3) is 0 Å². The van der Waals surface area contributed by atoms with Crippen LogP contribution >= 0.6 is 0 Å². The maximum atomic E-state index is 12.3. The van der Waals surface area contributed by atoms with Crippen molar-refractivity contribution in [2.75, 3.05) is 19.5 Å². The maximum absolute atomic E-state index is 12.3. The van der Waals surface area contributed by atoms with Gasteiger partial charge in [-0.2, -0.15) is 0 Å². The van der Waals surface area contributed by atoms with E-state index in [1.807, 2.05) is 66.7 Å². The van der Waals surface area contributed by atoms with Crippen LogP contribution in [-0.4, -0.2) is 20.1 Å². The molecule has 1 unspecified atom stereocenters. The SMILES string of the molecule is COc1cc2c(cc1OC)C(c1cccc(Oc3ccccc3)c1)CC(=O)N2. The number of para-hydroxylation sites is 1. The first kappa shape index (κ1) is 17.9. The molecule has 0 radical (unpaired) electrons. The normalized spacial score (nSPS) is 15.4. The molecule has 5 nitrogen and oxygen atoms in total. The number of fused-ring (bicyclic) bond motifs is 1. The second-order valence-corrected chi connectivity index (χ2v) is 6.59. The molecule has 1 amide bonds. The molecule has 1 heterocycles. The second kappa shape index (κ2) is 7.64. The van der Waals surface area contributed by atoms with E-state index >= 15 is 0 Å². The van der Waals surface area contributed by atoms with Crippen molar-refractivity contribution >= 4 is 11.6 Å². The van der Waals surface area contributed by atoms with Crippen molar-refractivity contribution in [3.8, 4) is 23.0 Å². The summed E-state index contributed by atoms with van der Waals surface area (Å²) in [5, 5.41) is 2.93. The molecule has 28 heavy (non-hydrogen) atoms. The summed E-state index contributed by atoms with van der Waals surface area (Å²) in [5.74, 6) is 2.61. The summed E-state index contributed by atoms with van der Waals surface area (Å²) in [4.78, 5) is 12.3. The van der Waals surface area contributed by atoms with E-state index in [0.717, 1.165) is 28.3 Å². The Labute approximate surface area is 163 Å². The van der Waals surface area contributed by atoms with Crippen LogP contribution in [0.2, 0.25) is 0 Å². The summed E-state index contributed by atoms with van der Waals surface area (Å²) < 4.78 is 16.8. The fourth-order valence-electron chi connectivity index (χ4n) is 3.50. The molecule has 0 spiro atoms. The largest absolute Gasteiger partial charge is 0.493 e. The molecule has 0 aliphatic carbocycles. The molecule has 4 rings (SSSR count). The van der Waals surface area contributed by atoms with Crippen LogP contribution in [-0.2, 0) is 4.79 Å². The highest BCUT2D eigenvalue weighted by molar-refractivity contribution is 5.96. The molecule has 1 N–H and O–H groups in total. The fraction of sp³-hybridized carbons (Fsp3) is 0.174. The Balaban J connectivity index is 1.72. The van der Waals surface area contributed by atoms with Crippen LogP contribution in [0.4, 0.5) is 5.69 Å². The number of ether oxygens (including phenoxy) is 3. The molecule has 3 aromatic carbocycles. The lowest BCUT2D eigenvalue weighted by Crippen LogP contribution is -2.23. The van der Waals surface area contributed by atoms with Crippen LogP contribution in [0.3, 0.4) is 0 Å². The molecular weight excluding hydrogens is 354 g/mol. The highest BCUT2D eigenvalue weighted by Crippen LogP contribution is 2.43. The summed E-state index contributed by atoms with van der Waals surface area (Å²) in [6.07, 6.45) is 0.358. The Morgan fingerprint density at radius 2 is 1.57 bits per heavy atom. The molecule has 1 aliphatic rings. The third kappa shape index (κ3) is 3.51. The molecule has 142 valence electrons. The van der Waals surface area contributed by atoms with E-state index in [1.54, 1.807) is 14.2 Å². The molecule has 5 heteroatoms. The zero-order valence-electron chi connectivity index (χ0n) is 15.8. The van der Waals surface area contributed by atoms with Gasteiger partial charge in [-0.25, -0.2) is 0 Å². The lowest BCUT2D eigenvalue weighted by molar-refractivity contribution is -0.116. The average molecular weight is 375 g/mol. The van der Waals surface area contributed by atoms with Gasteiger partial charge in [0.15, 0.2) is 11.5 Å². The van der Waals surface area contributed by atoms with Gasteiger partial charge in [0, 0.05) is 24.1 Å². The number of hydrogen-bond donors (Lipinski definition) is 1. The minimum Gasteiger partial charge on any atom is -0.493 e. The van der Waals surface area contributed by atoms with Gasteiger partial charge in [0.2, 0.25) is 5.91 Å². The van der Waals surface area contributed by atoms with E-state index in [9.17, 15) is 4.79 Å². The zero-order chi connectivity index (χ0) is 19.5. The highest BCUT2D eigenvalue weighted by Gasteiger charge is 2.28. The molecular formula is C23H21NO4. The van der Waals surface area contributed by atoms with Crippen molar-refractivity contribution in [3.05, 3.63) is 77.9 Å². The molecule has 1 atom stereocenters. The first-order chi connectivity index (χ1) is 13.7. The Hall–Kier alpha value is -3.47. The number of benzene rings is 3. The fourth-order valence-corrected chi connectivity index (χ4v) is 3.50. The number of hydrogen-bond acceptors (Lipinski definition) is 4. The van der Waals surface area contributed by atoms with Crippen LogP contribution in [0.5, 0.6) is 23.0 Å². The van der Waals surface area contributed by atoms with Gasteiger partial charge in [-0.15, -0.1) is 0 Å². The third-order valence-corrected chi connectivity index (χ3v) is 4.83. The third-order valence-electron chi connectivity index (χ3n) is 4.83. The molecule has 3 aromatic rings. The molecule has 0 aromatic heterocycles. The molecule has 0 saturated carbocycles. The smallest absolute Gasteiger partial charge is 0.225 e. The monoisotopic (exact) mass is 375 g/mol. The lowest BCUT2D eigenvalue weighted by Gasteiger charge is -2.27. The highest BCUT2D eigenvalue weighted by atomic mass is 16.5. The lowest BCUT2D eigenvalue weighted by atomic mass is 9.84. The van der Waals surface area contributed by atoms with Crippen molar-refractivity contribution in [2.24, 2.45) is 0 Å². The summed E-state index contributed by atoms with van der Waals surface area (Å²) in [5.41, 5.74) is 2.75. The van der Waals surface area contributed by atoms with Gasteiger partial charge in [0.1, 0.15) is 11.5 Å². The quantitative estimate of drug-likeness (QED) is 0.684. The summed E-state index contributed by atoms with van der Waals surface area (Å²) >= 11 is 0. The van der Waals surface area contributed by atoms with E-state index in [2.05, 4.69) is 5.32 Å². The summed E-state index contributed by atoms with van der Waals surface area (Å²) in [6.45, 7) is 0. The van der Waals surface area contributed by atoms with Crippen molar-refractivity contribution in [2.45, 2.75) is 12.3 Å². The van der Waals surface area contributed by atoms with Crippen LogP contribution in [0, 0.1) is 0 Å². The minimum atomic E-state index is -0.0946. The van der Waals surface area contributed by atoms with Gasteiger partial charge in [-0.1, -0.05) is 30.3 Å². The number of carbonyl (C=O) groups is 1. The van der Waals surface area contributed by atoms with Crippen LogP contribution in [0.15, 0.2) is 66.7 Å². The standard InChI is InChI=1S/C23H21NO4/c1-26-21-12-19-18(13-23(25)24-20(19)14-22(21)27-2)15-7-6-10-17(11-15)28-16-8-4-3-5-9-16/h3-12,14,18H,13H2,1-2H3,(H,24,25). The van der Waals surface area contributed by atoms with Gasteiger partial charge in [0.25, 0.3) is 0 Å². The first-order valence-corrected chi connectivity index (χ1v) is 9.06. The Morgan fingerprint density at radius 3 is 2.32 bits per heavy atom. The molecule has 1 aliphatic heterocycles. The van der Waals surface area contributed by atoms with Gasteiger partial charge in [-0.3, -0.25) is 4.79 Å². The van der Waals surface area contributed by atoms with Crippen molar-refractivity contribution in [3.63, 3.8) is 0 Å². The number of nitrogens with one attached hydrogen (secondary N) is 1. The average Bonchev–Trinajstić information content (AvgIpc) is 2.73. The van der Waals surface area contributed by atoms with Gasteiger partial charge >= 0.3 is 0 Å². The molecule has 0 bridgehead atoms. The van der Waals surface area contributed by atoms with Crippen molar-refractivity contribution in [1.82, 2.24) is 0 Å². The molecule has 0 saturated heterocycles. The van der Waals surface area contributed by atoms with Crippen molar-refractivity contribution < 1.29 is 19.0 Å². The summed E-state index contributed by atoms with van der Waals surface area (Å²) in [7, 11) is 3.19. The summed E-state index contributed by atoms with van der Waals surface area (Å²) in [6, 6.07) is 21.2. The van der Waals surface area contributed by atoms with E-state index < -0.39 is 0 Å².